The lowest BCUT2D eigenvalue weighted by molar-refractivity contribution is -0.124. The first-order valence-corrected chi connectivity index (χ1v) is 12.0. The maximum absolute atomic E-state index is 11.2. The van der Waals surface area contributed by atoms with E-state index >= 15 is 0 Å². The fourth-order valence-electron chi connectivity index (χ4n) is 3.64. The normalized spacial score (nSPS) is 12.0. The predicted octanol–water partition coefficient (Wildman–Crippen LogP) is 2.67. The number of nitrogens with zero attached hydrogens (tertiary/aromatic N) is 4. The molecule has 0 spiro atoms. The lowest BCUT2D eigenvalue weighted by Crippen LogP contribution is -2.36. The third-order valence-electron chi connectivity index (χ3n) is 5.83. The van der Waals surface area contributed by atoms with Crippen molar-refractivity contribution in [1.29, 1.82) is 0 Å². The molecule has 1 unspecified atom stereocenters. The summed E-state index contributed by atoms with van der Waals surface area (Å²) >= 11 is 0. The first-order chi connectivity index (χ1) is 17.1. The van der Waals surface area contributed by atoms with Gasteiger partial charge in [0.05, 0.1) is 0 Å². The number of amides is 1. The Kier molecular flexibility index (Phi) is 9.00. The largest absolute Gasteiger partial charge is 0.490 e. The minimum Gasteiger partial charge on any atom is -0.490 e. The van der Waals surface area contributed by atoms with Crippen LogP contribution in [0.4, 0.5) is 5.82 Å². The van der Waals surface area contributed by atoms with Gasteiger partial charge in [-0.15, -0.1) is 10.2 Å². The van der Waals surface area contributed by atoms with Crippen LogP contribution in [0, 0.1) is 13.8 Å². The Morgan fingerprint density at radius 3 is 2.42 bits per heavy atom. The first kappa shape index (κ1) is 27.1. The van der Waals surface area contributed by atoms with Crippen LogP contribution in [0.1, 0.15) is 37.6 Å². The number of hydrogen-bond donors (Lipinski definition) is 3. The quantitative estimate of drug-likeness (QED) is 0.365. The Hall–Kier alpha value is -3.50. The van der Waals surface area contributed by atoms with Crippen LogP contribution in [0.25, 0.3) is 22.9 Å². The van der Waals surface area contributed by atoms with Crippen molar-refractivity contribution < 1.29 is 24.2 Å². The average molecular weight is 498 g/mol. The monoisotopic (exact) mass is 497 g/mol. The Morgan fingerprint density at radius 2 is 1.81 bits per heavy atom. The molecule has 0 radical (unpaired) electrons. The van der Waals surface area contributed by atoms with Gasteiger partial charge >= 0.3 is 0 Å². The molecule has 2 heterocycles. The molecule has 0 bridgehead atoms. The highest BCUT2D eigenvalue weighted by molar-refractivity contribution is 5.76. The molecule has 0 saturated heterocycles. The van der Waals surface area contributed by atoms with Crippen LogP contribution in [0.3, 0.4) is 0 Å². The van der Waals surface area contributed by atoms with Crippen molar-refractivity contribution in [2.45, 2.75) is 53.2 Å². The summed E-state index contributed by atoms with van der Waals surface area (Å²) in [6.07, 6.45) is -0.220. The predicted molar refractivity (Wildman–Crippen MR) is 137 cm³/mol. The van der Waals surface area contributed by atoms with Crippen LogP contribution in [-0.4, -0.2) is 70.3 Å². The van der Waals surface area contributed by atoms with Crippen molar-refractivity contribution in [3.05, 3.63) is 41.1 Å². The van der Waals surface area contributed by atoms with Gasteiger partial charge in [-0.2, -0.15) is 0 Å². The van der Waals surface area contributed by atoms with Crippen molar-refractivity contribution in [2.24, 2.45) is 0 Å². The van der Waals surface area contributed by atoms with Gasteiger partial charge in [-0.1, -0.05) is 6.92 Å². The topological polar surface area (TPSA) is 134 Å². The summed E-state index contributed by atoms with van der Waals surface area (Å²) < 4.78 is 11.9. The van der Waals surface area contributed by atoms with Crippen LogP contribution < -0.4 is 15.0 Å². The number of benzene rings is 1. The fourth-order valence-corrected chi connectivity index (χ4v) is 3.64. The molecule has 10 heteroatoms. The number of pyridine rings is 1. The number of ether oxygens (including phenoxy) is 1. The SMILES string of the molecule is CCc1cc(-c2nnc(-c3cc(C)nc(N(C)C(C)C)c3)o2)cc(C)c1OCC(O)CNC(=O)CO. The van der Waals surface area contributed by atoms with Gasteiger partial charge in [0.1, 0.15) is 30.9 Å². The molecule has 0 saturated carbocycles. The molecule has 0 fully saturated rings. The van der Waals surface area contributed by atoms with Crippen molar-refractivity contribution >= 4 is 11.7 Å². The second-order valence-electron chi connectivity index (χ2n) is 9.03. The lowest BCUT2D eigenvalue weighted by atomic mass is 10.0. The molecule has 3 aromatic rings. The molecule has 194 valence electrons. The van der Waals surface area contributed by atoms with E-state index in [-0.39, 0.29) is 13.2 Å². The number of aliphatic hydroxyl groups excluding tert-OH is 2. The minimum absolute atomic E-state index is 0.00183. The lowest BCUT2D eigenvalue weighted by Gasteiger charge is -2.23. The van der Waals surface area contributed by atoms with E-state index in [4.69, 9.17) is 14.3 Å². The first-order valence-electron chi connectivity index (χ1n) is 12.0. The number of aromatic nitrogens is 3. The summed E-state index contributed by atoms with van der Waals surface area (Å²) in [4.78, 5) is 17.9. The third kappa shape index (κ3) is 6.58. The molecule has 36 heavy (non-hydrogen) atoms. The molecular weight excluding hydrogens is 462 g/mol. The molecule has 0 aliphatic rings. The molecule has 0 aliphatic heterocycles. The number of hydrogen-bond acceptors (Lipinski definition) is 9. The van der Waals surface area contributed by atoms with Gasteiger partial charge in [0.15, 0.2) is 0 Å². The van der Waals surface area contributed by atoms with E-state index in [0.717, 1.165) is 33.8 Å². The van der Waals surface area contributed by atoms with Gasteiger partial charge in [-0.25, -0.2) is 4.98 Å². The Morgan fingerprint density at radius 1 is 1.14 bits per heavy atom. The third-order valence-corrected chi connectivity index (χ3v) is 5.83. The number of carbonyl (C=O) groups is 1. The van der Waals surface area contributed by atoms with Crippen LogP contribution in [-0.2, 0) is 11.2 Å². The Labute approximate surface area is 211 Å². The highest BCUT2D eigenvalue weighted by Gasteiger charge is 2.18. The van der Waals surface area contributed by atoms with Crippen LogP contribution in [0.2, 0.25) is 0 Å². The molecule has 3 rings (SSSR count). The average Bonchev–Trinajstić information content (AvgIpc) is 3.35. The maximum Gasteiger partial charge on any atom is 0.248 e. The molecule has 1 aromatic carbocycles. The number of rotatable bonds is 11. The van der Waals surface area contributed by atoms with E-state index in [9.17, 15) is 9.90 Å². The van der Waals surface area contributed by atoms with E-state index in [1.54, 1.807) is 0 Å². The summed E-state index contributed by atoms with van der Waals surface area (Å²) in [6.45, 7) is 9.43. The molecule has 2 aromatic heterocycles. The summed E-state index contributed by atoms with van der Waals surface area (Å²) in [5.74, 6) is 1.77. The molecule has 10 nitrogen and oxygen atoms in total. The van der Waals surface area contributed by atoms with Gasteiger partial charge in [-0.05, 0) is 69.5 Å². The molecule has 3 N–H and O–H groups in total. The van der Waals surface area contributed by atoms with E-state index in [2.05, 4.69) is 39.2 Å². The summed E-state index contributed by atoms with van der Waals surface area (Å²) in [5.41, 5.74) is 4.22. The van der Waals surface area contributed by atoms with Gasteiger partial charge in [0.2, 0.25) is 17.7 Å². The number of anilines is 1. The number of aryl methyl sites for hydroxylation is 3. The number of carbonyl (C=O) groups excluding carboxylic acids is 1. The smallest absolute Gasteiger partial charge is 0.248 e. The van der Waals surface area contributed by atoms with Crippen molar-refractivity contribution in [3.63, 3.8) is 0 Å². The van der Waals surface area contributed by atoms with Gasteiger partial charge < -0.3 is 29.6 Å². The van der Waals surface area contributed by atoms with Gasteiger partial charge in [-0.3, -0.25) is 4.79 Å². The van der Waals surface area contributed by atoms with Crippen molar-refractivity contribution in [3.8, 4) is 28.7 Å². The van der Waals surface area contributed by atoms with Crippen molar-refractivity contribution in [1.82, 2.24) is 20.5 Å². The van der Waals surface area contributed by atoms with Gasteiger partial charge in [0.25, 0.3) is 0 Å². The Balaban J connectivity index is 1.81. The van der Waals surface area contributed by atoms with E-state index in [0.29, 0.717) is 30.0 Å². The summed E-state index contributed by atoms with van der Waals surface area (Å²) in [5, 5.41) is 29.8. The van der Waals surface area contributed by atoms with Crippen molar-refractivity contribution in [2.75, 3.05) is 31.7 Å². The molecular formula is C26H35N5O5. The zero-order chi connectivity index (χ0) is 26.4. The molecule has 1 atom stereocenters. The van der Waals surface area contributed by atoms with Crippen LogP contribution >= 0.6 is 0 Å². The minimum atomic E-state index is -0.911. The molecule has 0 aliphatic carbocycles. The number of nitrogens with one attached hydrogen (secondary N) is 1. The van der Waals surface area contributed by atoms with E-state index < -0.39 is 18.6 Å². The molecule has 1 amide bonds. The Bertz CT molecular complexity index is 1190. The van der Waals surface area contributed by atoms with E-state index in [1.165, 1.54) is 0 Å². The maximum atomic E-state index is 11.2. The second kappa shape index (κ2) is 12.0. The summed E-state index contributed by atoms with van der Waals surface area (Å²) in [6, 6.07) is 8.00. The van der Waals surface area contributed by atoms with Gasteiger partial charge in [0, 0.05) is 36.5 Å². The fraction of sp³-hybridized carbons (Fsp3) is 0.462. The standard InChI is InChI=1S/C26H35N5O5/c1-7-18-10-19(8-16(4)24(18)35-14-21(33)12-27-23(34)13-32)25-29-30-26(36-25)20-9-17(5)28-22(11-20)31(6)15(2)3/h8-11,15,21,32-33H,7,12-14H2,1-6H3,(H,27,34). The van der Waals surface area contributed by atoms with Crippen LogP contribution in [0.5, 0.6) is 5.75 Å². The zero-order valence-corrected chi connectivity index (χ0v) is 21.7. The van der Waals surface area contributed by atoms with Crippen LogP contribution in [0.15, 0.2) is 28.7 Å². The highest BCUT2D eigenvalue weighted by Crippen LogP contribution is 2.32. The van der Waals surface area contributed by atoms with E-state index in [1.807, 2.05) is 52.1 Å². The second-order valence-corrected chi connectivity index (χ2v) is 9.03. The zero-order valence-electron chi connectivity index (χ0n) is 21.7. The highest BCUT2D eigenvalue weighted by atomic mass is 16.5. The number of aliphatic hydroxyl groups is 2. The summed E-state index contributed by atoms with van der Waals surface area (Å²) in [7, 11) is 2.00.